The molecule has 2 aliphatic heterocycles. The van der Waals surface area contributed by atoms with Gasteiger partial charge < -0.3 is 56.6 Å². The van der Waals surface area contributed by atoms with Gasteiger partial charge in [-0.15, -0.1) is 0 Å². The van der Waals surface area contributed by atoms with Crippen LogP contribution in [0.2, 0.25) is 118 Å². The molecule has 0 spiro atoms. The van der Waals surface area contributed by atoms with Crippen molar-refractivity contribution in [2.45, 2.75) is 206 Å². The van der Waals surface area contributed by atoms with Crippen molar-refractivity contribution < 1.29 is 50.3 Å². The van der Waals surface area contributed by atoms with Gasteiger partial charge in [-0.1, -0.05) is 0 Å². The molecule has 0 radical (unpaired) electrons. The fourth-order valence-corrected chi connectivity index (χ4v) is 12.7. The van der Waals surface area contributed by atoms with Gasteiger partial charge in [0.1, 0.15) is 54.4 Å². The van der Waals surface area contributed by atoms with Gasteiger partial charge in [0.15, 0.2) is 62.5 Å². The summed E-state index contributed by atoms with van der Waals surface area (Å²) >= 11 is 0. The fraction of sp³-hybridized carbons (Fsp3) is 0.971. The molecule has 2 saturated heterocycles. The molecule has 0 saturated carbocycles. The van der Waals surface area contributed by atoms with Crippen LogP contribution in [0, 0.1) is 0 Å². The highest BCUT2D eigenvalue weighted by Crippen LogP contribution is 2.38. The third-order valence-corrected chi connectivity index (χ3v) is 13.3. The number of carbonyl (C=O) groups is 1. The lowest BCUT2D eigenvalue weighted by molar-refractivity contribution is -0.364. The molecule has 0 unspecified atom stereocenters. The molecule has 1 amide bonds. The van der Waals surface area contributed by atoms with Crippen molar-refractivity contribution in [2.24, 2.45) is 5.73 Å². The Morgan fingerprint density at radius 1 is 0.519 bits per heavy atom. The van der Waals surface area contributed by atoms with Crippen LogP contribution in [0.25, 0.3) is 0 Å². The van der Waals surface area contributed by atoms with Gasteiger partial charge in [0.05, 0.1) is 0 Å². The summed E-state index contributed by atoms with van der Waals surface area (Å²) in [5.74, 6) is 0. The first-order chi connectivity index (χ1) is 24.0. The maximum Gasteiger partial charge on any atom is 0.407 e. The van der Waals surface area contributed by atoms with E-state index >= 15 is 0 Å². The van der Waals surface area contributed by atoms with Crippen molar-refractivity contribution in [1.82, 2.24) is 5.32 Å². The van der Waals surface area contributed by atoms with Gasteiger partial charge in [0.2, 0.25) is 0 Å². The Morgan fingerprint density at radius 3 is 1.13 bits per heavy atom. The van der Waals surface area contributed by atoms with E-state index < -0.39 is 123 Å². The van der Waals surface area contributed by atoms with Crippen molar-refractivity contribution >= 4 is 56.0 Å². The highest BCUT2D eigenvalue weighted by Gasteiger charge is 2.56. The highest BCUT2D eigenvalue weighted by atomic mass is 28.4. The number of alkyl carbamates (subject to hydrolysis) is 1. The van der Waals surface area contributed by atoms with Crippen molar-refractivity contribution in [3.8, 4) is 0 Å². The van der Waals surface area contributed by atoms with Crippen LogP contribution in [-0.2, 0) is 45.5 Å². The molecule has 0 aliphatic carbocycles. The van der Waals surface area contributed by atoms with Gasteiger partial charge in [-0.25, -0.2) is 4.79 Å². The molecule has 320 valence electrons. The minimum Gasteiger partial charge on any atom is -0.444 e. The first-order valence-corrected chi connectivity index (χ1v) is 40.1. The molecule has 0 bridgehead atoms. The molecule has 0 aromatic carbocycles. The van der Waals surface area contributed by atoms with Crippen LogP contribution >= 0.6 is 0 Å². The molecule has 2 fully saturated rings. The Hall–Kier alpha value is 0.171. The molecule has 0 aromatic rings. The van der Waals surface area contributed by atoms with Crippen LogP contribution < -0.4 is 11.1 Å². The summed E-state index contributed by atoms with van der Waals surface area (Å²) in [7, 11) is -13.3. The van der Waals surface area contributed by atoms with Gasteiger partial charge in [0, 0.05) is 13.1 Å². The average molecular weight is 874 g/mol. The Balaban J connectivity index is 2.80. The zero-order valence-electron chi connectivity index (χ0n) is 37.8. The molecule has 3 N–H and O–H groups in total. The van der Waals surface area contributed by atoms with Gasteiger partial charge in [-0.05, 0) is 139 Å². The lowest BCUT2D eigenvalue weighted by Crippen LogP contribution is -2.70. The summed E-state index contributed by atoms with van der Waals surface area (Å²) in [6.45, 7) is 44.4. The predicted molar refractivity (Wildman–Crippen MR) is 231 cm³/mol. The third-order valence-electron chi connectivity index (χ3n) is 7.47. The lowest BCUT2D eigenvalue weighted by atomic mass is 9.97. The number of rotatable bonds is 17. The smallest absolute Gasteiger partial charge is 0.407 e. The molecular formula is C35H80N2O11Si6. The number of ether oxygens (including phenoxy) is 4. The first-order valence-electron chi connectivity index (χ1n) is 19.7. The van der Waals surface area contributed by atoms with E-state index in [1.165, 1.54) is 0 Å². The summed E-state index contributed by atoms with van der Waals surface area (Å²) in [4.78, 5) is 13.0. The Labute approximate surface area is 334 Å². The van der Waals surface area contributed by atoms with E-state index in [2.05, 4.69) is 123 Å². The van der Waals surface area contributed by atoms with Gasteiger partial charge in [-0.3, -0.25) is 0 Å². The summed E-state index contributed by atoms with van der Waals surface area (Å²) in [6, 6.07) is 0. The Bertz CT molecular complexity index is 1190. The van der Waals surface area contributed by atoms with E-state index in [4.69, 9.17) is 51.2 Å². The van der Waals surface area contributed by atoms with Crippen LogP contribution in [0.15, 0.2) is 0 Å². The maximum atomic E-state index is 13.0. The normalized spacial score (nSPS) is 31.0. The van der Waals surface area contributed by atoms with E-state index in [-0.39, 0.29) is 13.1 Å². The number of nitrogens with one attached hydrogen (secondary N) is 1. The van der Waals surface area contributed by atoms with Crippen LogP contribution in [0.5, 0.6) is 0 Å². The standard InChI is InChI=1S/C35H80N2O11Si6/c1-35(2,3)42-34(38)37-23-25-27(44-50(7,8)9)29(46-52(13,14)15)31(48-54(19,20)21)33(40-25)41-32-30(47-53(16,17)18)28(45-51(10,11)12)26(24(22-36)39-32)43-49(4,5)6/h24-33H,22-23,36H2,1-21H3,(H,37,38)/t24-,25-,26-,27-,28+,29+,30-,31-,32-,33-/m1/s1. The van der Waals surface area contributed by atoms with E-state index in [0.717, 1.165) is 0 Å². The molecule has 13 nitrogen and oxygen atoms in total. The minimum absolute atomic E-state index is 0.0917. The molecule has 2 heterocycles. The fourth-order valence-electron chi connectivity index (χ4n) is 6.21. The lowest BCUT2D eigenvalue weighted by Gasteiger charge is -2.53. The molecule has 2 aliphatic rings. The molecule has 10 atom stereocenters. The van der Waals surface area contributed by atoms with E-state index in [1.807, 2.05) is 20.8 Å². The topological polar surface area (TPSA) is 147 Å². The van der Waals surface area contributed by atoms with Gasteiger partial charge >= 0.3 is 6.09 Å². The Kier molecular flexibility index (Phi) is 17.3. The number of hydrogen-bond donors (Lipinski definition) is 2. The van der Waals surface area contributed by atoms with Gasteiger partial charge in [0.25, 0.3) is 0 Å². The quantitative estimate of drug-likeness (QED) is 0.142. The second-order valence-electron chi connectivity index (χ2n) is 21.5. The van der Waals surface area contributed by atoms with Crippen LogP contribution in [-0.4, -0.2) is 136 Å². The SMILES string of the molecule is CC(C)(C)OC(=O)NC[C@H]1O[C@H](O[C@H]2O[C@H](CN)[C@@H](O[Si](C)(C)C)[C@H](O[Si](C)(C)C)[C@H]2O[Si](C)(C)C)[C@H](O[Si](C)(C)C)[C@@H](O[Si](C)(C)C)[C@@H]1O[Si](C)(C)C. The highest BCUT2D eigenvalue weighted by molar-refractivity contribution is 6.71. The second-order valence-corrected chi connectivity index (χ2v) is 48.3. The molecular weight excluding hydrogens is 793 g/mol. The molecule has 54 heavy (non-hydrogen) atoms. The van der Waals surface area contributed by atoms with E-state index in [9.17, 15) is 4.79 Å². The third kappa shape index (κ3) is 18.4. The van der Waals surface area contributed by atoms with E-state index in [0.29, 0.717) is 0 Å². The predicted octanol–water partition coefficient (Wildman–Crippen LogP) is 7.26. The second kappa shape index (κ2) is 18.6. The average Bonchev–Trinajstić information content (AvgIpc) is 2.88. The zero-order valence-corrected chi connectivity index (χ0v) is 43.8. The number of hydrogen-bond acceptors (Lipinski definition) is 12. The summed E-state index contributed by atoms with van der Waals surface area (Å²) in [6.07, 6.45) is -7.19. The summed E-state index contributed by atoms with van der Waals surface area (Å²) in [5, 5.41) is 2.93. The van der Waals surface area contributed by atoms with Crippen LogP contribution in [0.1, 0.15) is 20.8 Å². The maximum absolute atomic E-state index is 13.0. The Morgan fingerprint density at radius 2 is 0.815 bits per heavy atom. The van der Waals surface area contributed by atoms with E-state index in [1.54, 1.807) is 0 Å². The first kappa shape index (κ1) is 50.3. The zero-order chi connectivity index (χ0) is 42.0. The van der Waals surface area contributed by atoms with Crippen LogP contribution in [0.4, 0.5) is 4.79 Å². The monoisotopic (exact) mass is 872 g/mol. The van der Waals surface area contributed by atoms with Crippen molar-refractivity contribution in [1.29, 1.82) is 0 Å². The molecule has 0 aromatic heterocycles. The number of amides is 1. The van der Waals surface area contributed by atoms with Crippen molar-refractivity contribution in [2.75, 3.05) is 13.1 Å². The molecule has 2 rings (SSSR count). The number of nitrogens with two attached hydrogens (primary N) is 1. The largest absolute Gasteiger partial charge is 0.444 e. The van der Waals surface area contributed by atoms with Crippen molar-refractivity contribution in [3.05, 3.63) is 0 Å². The summed E-state index contributed by atoms with van der Waals surface area (Å²) in [5.41, 5.74) is 5.79. The number of carbonyl (C=O) groups excluding carboxylic acids is 1. The molecule has 19 heteroatoms. The summed E-state index contributed by atoms with van der Waals surface area (Å²) < 4.78 is 68.3. The van der Waals surface area contributed by atoms with Crippen LogP contribution in [0.3, 0.4) is 0 Å². The minimum atomic E-state index is -2.28. The van der Waals surface area contributed by atoms with Gasteiger partial charge in [-0.2, -0.15) is 0 Å². The van der Waals surface area contributed by atoms with Crippen molar-refractivity contribution in [3.63, 3.8) is 0 Å².